The minimum atomic E-state index is -0.0864. The molecule has 0 aliphatic rings. The van der Waals surface area contributed by atoms with Gasteiger partial charge in [-0.1, -0.05) is 29.3 Å². The highest BCUT2D eigenvalue weighted by Crippen LogP contribution is 2.23. The maximum atomic E-state index is 11.9. The van der Waals surface area contributed by atoms with E-state index in [1.165, 1.54) is 6.26 Å². The van der Waals surface area contributed by atoms with Gasteiger partial charge in [-0.3, -0.25) is 4.79 Å². The van der Waals surface area contributed by atoms with Crippen LogP contribution < -0.4 is 0 Å². The SMILES string of the molecule is Cc1ccoc1C(=O)Cc1ccc(Cl)cc1Cl. The van der Waals surface area contributed by atoms with Crippen LogP contribution in [0, 0.1) is 6.92 Å². The molecule has 4 heteroatoms. The monoisotopic (exact) mass is 268 g/mol. The second-order valence-corrected chi connectivity index (χ2v) is 4.61. The lowest BCUT2D eigenvalue weighted by molar-refractivity contribution is 0.0965. The molecule has 2 rings (SSSR count). The largest absolute Gasteiger partial charge is 0.461 e. The first-order valence-corrected chi connectivity index (χ1v) is 5.84. The number of furan rings is 1. The molecule has 2 aromatic rings. The Morgan fingerprint density at radius 3 is 2.65 bits per heavy atom. The zero-order chi connectivity index (χ0) is 12.4. The first-order valence-electron chi connectivity index (χ1n) is 5.09. The van der Waals surface area contributed by atoms with E-state index in [0.717, 1.165) is 11.1 Å². The van der Waals surface area contributed by atoms with E-state index in [-0.39, 0.29) is 12.2 Å². The molecule has 0 aliphatic heterocycles. The fourth-order valence-corrected chi connectivity index (χ4v) is 2.05. The van der Waals surface area contributed by atoms with Crippen molar-refractivity contribution in [3.63, 3.8) is 0 Å². The predicted octanol–water partition coefficient (Wildman–Crippen LogP) is 4.32. The number of rotatable bonds is 3. The molecule has 0 N–H and O–H groups in total. The van der Waals surface area contributed by atoms with E-state index in [1.54, 1.807) is 24.3 Å². The van der Waals surface area contributed by atoms with Crippen molar-refractivity contribution in [1.82, 2.24) is 0 Å². The summed E-state index contributed by atoms with van der Waals surface area (Å²) in [5.74, 6) is 0.299. The van der Waals surface area contributed by atoms with Gasteiger partial charge in [-0.2, -0.15) is 0 Å². The molecule has 2 nitrogen and oxygen atoms in total. The molecule has 1 heterocycles. The van der Waals surface area contributed by atoms with Crippen molar-refractivity contribution >= 4 is 29.0 Å². The Balaban J connectivity index is 2.22. The Morgan fingerprint density at radius 1 is 1.29 bits per heavy atom. The van der Waals surface area contributed by atoms with E-state index in [1.807, 2.05) is 6.92 Å². The maximum absolute atomic E-state index is 11.9. The third-order valence-corrected chi connectivity index (χ3v) is 3.07. The minimum absolute atomic E-state index is 0.0864. The van der Waals surface area contributed by atoms with Gasteiger partial charge in [0.05, 0.1) is 6.26 Å². The molecule has 0 radical (unpaired) electrons. The van der Waals surface area contributed by atoms with E-state index in [9.17, 15) is 4.79 Å². The van der Waals surface area contributed by atoms with E-state index >= 15 is 0 Å². The smallest absolute Gasteiger partial charge is 0.202 e. The fraction of sp³-hybridized carbons (Fsp3) is 0.154. The molecule has 1 aromatic carbocycles. The average molecular weight is 269 g/mol. The highest BCUT2D eigenvalue weighted by molar-refractivity contribution is 6.35. The minimum Gasteiger partial charge on any atom is -0.461 e. The summed E-state index contributed by atoms with van der Waals surface area (Å²) in [5.41, 5.74) is 1.58. The predicted molar refractivity (Wildman–Crippen MR) is 67.9 cm³/mol. The van der Waals surface area contributed by atoms with Gasteiger partial charge >= 0.3 is 0 Å². The quantitative estimate of drug-likeness (QED) is 0.777. The molecule has 0 saturated heterocycles. The number of aryl methyl sites for hydroxylation is 1. The second kappa shape index (κ2) is 4.94. The molecule has 0 aliphatic carbocycles. The van der Waals surface area contributed by atoms with Crippen molar-refractivity contribution in [1.29, 1.82) is 0 Å². The molecule has 1 aromatic heterocycles. The van der Waals surface area contributed by atoms with Gasteiger partial charge < -0.3 is 4.42 Å². The van der Waals surface area contributed by atoms with Gasteiger partial charge in [0.1, 0.15) is 0 Å². The summed E-state index contributed by atoms with van der Waals surface area (Å²) in [4.78, 5) is 11.9. The van der Waals surface area contributed by atoms with Gasteiger partial charge in [0.2, 0.25) is 5.78 Å². The summed E-state index contributed by atoms with van der Waals surface area (Å²) in [7, 11) is 0. The molecule has 0 unspecified atom stereocenters. The lowest BCUT2D eigenvalue weighted by atomic mass is 10.1. The number of hydrogen-bond donors (Lipinski definition) is 0. The van der Waals surface area contributed by atoms with Crippen LogP contribution in [0.4, 0.5) is 0 Å². The topological polar surface area (TPSA) is 30.2 Å². The lowest BCUT2D eigenvalue weighted by Crippen LogP contribution is -2.04. The number of hydrogen-bond acceptors (Lipinski definition) is 2. The third-order valence-electron chi connectivity index (χ3n) is 2.48. The molecule has 0 amide bonds. The Morgan fingerprint density at radius 2 is 2.06 bits per heavy atom. The summed E-state index contributed by atoms with van der Waals surface area (Å²) in [6, 6.07) is 6.85. The highest BCUT2D eigenvalue weighted by atomic mass is 35.5. The number of carbonyl (C=O) groups is 1. The van der Waals surface area contributed by atoms with Crippen molar-refractivity contribution in [3.05, 3.63) is 57.5 Å². The van der Waals surface area contributed by atoms with Crippen molar-refractivity contribution in [2.75, 3.05) is 0 Å². The molecular formula is C13H10Cl2O2. The number of halogens is 2. The zero-order valence-electron chi connectivity index (χ0n) is 9.17. The van der Waals surface area contributed by atoms with Crippen molar-refractivity contribution in [3.8, 4) is 0 Å². The van der Waals surface area contributed by atoms with E-state index < -0.39 is 0 Å². The van der Waals surface area contributed by atoms with Crippen molar-refractivity contribution in [2.24, 2.45) is 0 Å². The first-order chi connectivity index (χ1) is 8.08. The van der Waals surface area contributed by atoms with Gasteiger partial charge in [-0.05, 0) is 36.2 Å². The molecule has 0 bridgehead atoms. The Bertz CT molecular complexity index is 558. The lowest BCUT2D eigenvalue weighted by Gasteiger charge is -2.03. The van der Waals surface area contributed by atoms with Crippen LogP contribution in [-0.4, -0.2) is 5.78 Å². The van der Waals surface area contributed by atoms with Gasteiger partial charge in [0.15, 0.2) is 5.76 Å². The Hall–Kier alpha value is -1.25. The first kappa shape index (κ1) is 12.2. The van der Waals surface area contributed by atoms with Crippen LogP contribution in [0.5, 0.6) is 0 Å². The van der Waals surface area contributed by atoms with Crippen LogP contribution in [0.3, 0.4) is 0 Å². The summed E-state index contributed by atoms with van der Waals surface area (Å²) < 4.78 is 5.14. The third kappa shape index (κ3) is 2.71. The summed E-state index contributed by atoms with van der Waals surface area (Å²) in [6.07, 6.45) is 1.72. The molecule has 0 fully saturated rings. The molecule has 0 spiro atoms. The van der Waals surface area contributed by atoms with E-state index in [2.05, 4.69) is 0 Å². The van der Waals surface area contributed by atoms with Crippen molar-refractivity contribution in [2.45, 2.75) is 13.3 Å². The zero-order valence-corrected chi connectivity index (χ0v) is 10.7. The summed E-state index contributed by atoms with van der Waals surface area (Å²) >= 11 is 11.8. The van der Waals surface area contributed by atoms with Gasteiger partial charge in [0, 0.05) is 16.5 Å². The average Bonchev–Trinajstić information content (AvgIpc) is 2.68. The molecule has 88 valence electrons. The van der Waals surface area contributed by atoms with Gasteiger partial charge in [-0.25, -0.2) is 0 Å². The van der Waals surface area contributed by atoms with Gasteiger partial charge in [0.25, 0.3) is 0 Å². The summed E-state index contributed by atoms with van der Waals surface area (Å²) in [5, 5.41) is 1.05. The van der Waals surface area contributed by atoms with E-state index in [4.69, 9.17) is 27.6 Å². The molecule has 0 saturated carbocycles. The number of ketones is 1. The fourth-order valence-electron chi connectivity index (χ4n) is 1.58. The molecular weight excluding hydrogens is 259 g/mol. The Labute approximate surface area is 109 Å². The normalized spacial score (nSPS) is 10.5. The number of Topliss-reactive ketones (excluding diaryl/α,β-unsaturated/α-hetero) is 1. The van der Waals surface area contributed by atoms with E-state index in [0.29, 0.717) is 15.8 Å². The number of benzene rings is 1. The molecule has 0 atom stereocenters. The Kier molecular flexibility index (Phi) is 3.55. The van der Waals surface area contributed by atoms with Crippen LogP contribution in [-0.2, 0) is 6.42 Å². The van der Waals surface area contributed by atoms with Crippen LogP contribution >= 0.6 is 23.2 Å². The molecule has 17 heavy (non-hydrogen) atoms. The van der Waals surface area contributed by atoms with Gasteiger partial charge in [-0.15, -0.1) is 0 Å². The highest BCUT2D eigenvalue weighted by Gasteiger charge is 2.14. The number of carbonyl (C=O) groups excluding carboxylic acids is 1. The maximum Gasteiger partial charge on any atom is 0.202 e. The second-order valence-electron chi connectivity index (χ2n) is 3.77. The van der Waals surface area contributed by atoms with Crippen molar-refractivity contribution < 1.29 is 9.21 Å². The van der Waals surface area contributed by atoms with Crippen LogP contribution in [0.2, 0.25) is 10.0 Å². The summed E-state index contributed by atoms with van der Waals surface area (Å²) in [6.45, 7) is 1.83. The van der Waals surface area contributed by atoms with Crippen LogP contribution in [0.25, 0.3) is 0 Å². The standard InChI is InChI=1S/C13H10Cl2O2/c1-8-4-5-17-13(8)12(16)6-9-2-3-10(14)7-11(9)15/h2-5,7H,6H2,1H3. The van der Waals surface area contributed by atoms with Crippen LogP contribution in [0.1, 0.15) is 21.7 Å². The van der Waals surface area contributed by atoms with Crippen LogP contribution in [0.15, 0.2) is 34.9 Å².